The highest BCUT2D eigenvalue weighted by Crippen LogP contribution is 2.26. The molecule has 0 aliphatic rings. The molecule has 0 aromatic heterocycles. The van der Waals surface area contributed by atoms with Crippen LogP contribution in [0.1, 0.15) is 5.56 Å². The van der Waals surface area contributed by atoms with Crippen molar-refractivity contribution < 1.29 is 0 Å². The van der Waals surface area contributed by atoms with Crippen LogP contribution in [0.4, 0.5) is 11.4 Å². The van der Waals surface area contributed by atoms with Gasteiger partial charge in [-0.25, -0.2) is 0 Å². The monoisotopic (exact) mass is 306 g/mol. The maximum absolute atomic E-state index is 5.58. The highest BCUT2D eigenvalue weighted by molar-refractivity contribution is 9.10. The third-order valence-corrected chi connectivity index (χ3v) is 3.20. The smallest absolute Gasteiger partial charge is 0.104 e. The van der Waals surface area contributed by atoms with Crippen LogP contribution in [0.5, 0.6) is 0 Å². The van der Waals surface area contributed by atoms with Gasteiger partial charge in [0.25, 0.3) is 0 Å². The molecule has 0 bridgehead atoms. The minimum Gasteiger partial charge on any atom is -0.389 e. The number of hydrogen-bond acceptors (Lipinski definition) is 2. The first-order chi connectivity index (χ1) is 8.16. The van der Waals surface area contributed by atoms with E-state index in [1.165, 1.54) is 0 Å². The molecule has 0 radical (unpaired) electrons. The molecular formula is C13H11BrN2S. The van der Waals surface area contributed by atoms with E-state index < -0.39 is 0 Å². The maximum atomic E-state index is 5.58. The maximum Gasteiger partial charge on any atom is 0.104 e. The number of benzene rings is 2. The van der Waals surface area contributed by atoms with Crippen LogP contribution in [-0.4, -0.2) is 4.99 Å². The van der Waals surface area contributed by atoms with E-state index in [1.54, 1.807) is 0 Å². The van der Waals surface area contributed by atoms with Crippen molar-refractivity contribution in [1.29, 1.82) is 0 Å². The van der Waals surface area contributed by atoms with Gasteiger partial charge in [0.05, 0.1) is 5.69 Å². The molecule has 0 saturated carbocycles. The first kappa shape index (κ1) is 12.1. The van der Waals surface area contributed by atoms with Crippen LogP contribution in [0.3, 0.4) is 0 Å². The summed E-state index contributed by atoms with van der Waals surface area (Å²) in [7, 11) is 0. The zero-order chi connectivity index (χ0) is 12.3. The van der Waals surface area contributed by atoms with Gasteiger partial charge in [0, 0.05) is 15.7 Å². The molecule has 0 amide bonds. The van der Waals surface area contributed by atoms with Gasteiger partial charge < -0.3 is 11.1 Å². The number of thiocarbonyl (C=S) groups is 1. The van der Waals surface area contributed by atoms with Crippen molar-refractivity contribution in [3.63, 3.8) is 0 Å². The van der Waals surface area contributed by atoms with Crippen molar-refractivity contribution in [2.24, 2.45) is 5.73 Å². The summed E-state index contributed by atoms with van der Waals surface area (Å²) in [5.74, 6) is 0. The number of para-hydroxylation sites is 1. The Labute approximate surface area is 114 Å². The summed E-state index contributed by atoms with van der Waals surface area (Å²) in [4.78, 5) is 0.400. The quantitative estimate of drug-likeness (QED) is 0.847. The summed E-state index contributed by atoms with van der Waals surface area (Å²) in [6.07, 6.45) is 0. The summed E-state index contributed by atoms with van der Waals surface area (Å²) in [6.45, 7) is 0. The predicted molar refractivity (Wildman–Crippen MR) is 79.8 cm³/mol. The van der Waals surface area contributed by atoms with Gasteiger partial charge in [0.1, 0.15) is 4.99 Å². The molecule has 2 aromatic carbocycles. The van der Waals surface area contributed by atoms with Crippen LogP contribution in [0.25, 0.3) is 0 Å². The molecule has 0 heterocycles. The first-order valence-corrected chi connectivity index (χ1v) is 6.28. The van der Waals surface area contributed by atoms with E-state index in [-0.39, 0.29) is 0 Å². The standard InChI is InChI=1S/C13H11BrN2S/c14-11-8-9(13(15)17)6-7-12(11)16-10-4-2-1-3-5-10/h1-8,16H,(H2,15,17). The van der Waals surface area contributed by atoms with E-state index in [4.69, 9.17) is 18.0 Å². The topological polar surface area (TPSA) is 38.0 Å². The Bertz CT molecular complexity index is 540. The fourth-order valence-corrected chi connectivity index (χ4v) is 2.05. The fraction of sp³-hybridized carbons (Fsp3) is 0. The molecule has 86 valence electrons. The Morgan fingerprint density at radius 1 is 1.12 bits per heavy atom. The zero-order valence-corrected chi connectivity index (χ0v) is 11.4. The fourth-order valence-electron chi connectivity index (χ4n) is 1.45. The summed E-state index contributed by atoms with van der Waals surface area (Å²) in [6, 6.07) is 15.7. The van der Waals surface area contributed by atoms with Crippen LogP contribution >= 0.6 is 28.1 Å². The minimum atomic E-state index is 0.400. The van der Waals surface area contributed by atoms with Gasteiger partial charge in [0.2, 0.25) is 0 Å². The molecular weight excluding hydrogens is 296 g/mol. The van der Waals surface area contributed by atoms with Crippen LogP contribution in [0.15, 0.2) is 53.0 Å². The van der Waals surface area contributed by atoms with Gasteiger partial charge in [-0.05, 0) is 46.3 Å². The molecule has 17 heavy (non-hydrogen) atoms. The van der Waals surface area contributed by atoms with Gasteiger partial charge in [-0.1, -0.05) is 30.4 Å². The molecule has 2 nitrogen and oxygen atoms in total. The molecule has 0 spiro atoms. The van der Waals surface area contributed by atoms with Crippen molar-refractivity contribution in [3.05, 3.63) is 58.6 Å². The largest absolute Gasteiger partial charge is 0.389 e. The summed E-state index contributed by atoms with van der Waals surface area (Å²) < 4.78 is 0.937. The Hall–Kier alpha value is -1.39. The average molecular weight is 307 g/mol. The summed E-state index contributed by atoms with van der Waals surface area (Å²) in [5.41, 5.74) is 8.45. The third-order valence-electron chi connectivity index (χ3n) is 2.31. The molecule has 0 saturated heterocycles. The van der Waals surface area contributed by atoms with E-state index in [2.05, 4.69) is 21.2 Å². The number of hydrogen-bond donors (Lipinski definition) is 2. The van der Waals surface area contributed by atoms with Crippen LogP contribution < -0.4 is 11.1 Å². The minimum absolute atomic E-state index is 0.400. The normalized spacial score (nSPS) is 9.94. The average Bonchev–Trinajstić information content (AvgIpc) is 2.33. The molecule has 0 fully saturated rings. The lowest BCUT2D eigenvalue weighted by Gasteiger charge is -2.09. The van der Waals surface area contributed by atoms with E-state index in [0.29, 0.717) is 4.99 Å². The highest BCUT2D eigenvalue weighted by Gasteiger charge is 2.03. The van der Waals surface area contributed by atoms with Gasteiger partial charge in [0.15, 0.2) is 0 Å². The van der Waals surface area contributed by atoms with E-state index >= 15 is 0 Å². The number of rotatable bonds is 3. The Morgan fingerprint density at radius 2 is 1.82 bits per heavy atom. The van der Waals surface area contributed by atoms with Crippen molar-refractivity contribution in [3.8, 4) is 0 Å². The van der Waals surface area contributed by atoms with E-state index in [1.807, 2.05) is 48.5 Å². The van der Waals surface area contributed by atoms with Crippen molar-refractivity contribution in [2.75, 3.05) is 5.32 Å². The first-order valence-electron chi connectivity index (χ1n) is 5.08. The molecule has 2 aromatic rings. The molecule has 0 aliphatic carbocycles. The second-order valence-electron chi connectivity index (χ2n) is 3.55. The number of halogens is 1. The Morgan fingerprint density at radius 3 is 2.41 bits per heavy atom. The number of nitrogens with one attached hydrogen (secondary N) is 1. The number of nitrogens with two attached hydrogens (primary N) is 1. The summed E-state index contributed by atoms with van der Waals surface area (Å²) >= 11 is 8.43. The molecule has 4 heteroatoms. The Balaban J connectivity index is 2.26. The lowest BCUT2D eigenvalue weighted by atomic mass is 10.2. The van der Waals surface area contributed by atoms with Crippen molar-refractivity contribution in [2.45, 2.75) is 0 Å². The molecule has 2 rings (SSSR count). The van der Waals surface area contributed by atoms with Crippen LogP contribution in [-0.2, 0) is 0 Å². The van der Waals surface area contributed by atoms with Gasteiger partial charge in [-0.2, -0.15) is 0 Å². The SMILES string of the molecule is NC(=S)c1ccc(Nc2ccccc2)c(Br)c1. The van der Waals surface area contributed by atoms with Crippen molar-refractivity contribution >= 4 is 44.5 Å². The van der Waals surface area contributed by atoms with E-state index in [0.717, 1.165) is 21.4 Å². The van der Waals surface area contributed by atoms with Crippen LogP contribution in [0.2, 0.25) is 0 Å². The van der Waals surface area contributed by atoms with Crippen molar-refractivity contribution in [1.82, 2.24) is 0 Å². The molecule has 0 aliphatic heterocycles. The highest BCUT2D eigenvalue weighted by atomic mass is 79.9. The van der Waals surface area contributed by atoms with Gasteiger partial charge >= 0.3 is 0 Å². The van der Waals surface area contributed by atoms with Crippen LogP contribution in [0, 0.1) is 0 Å². The lowest BCUT2D eigenvalue weighted by Crippen LogP contribution is -2.09. The Kier molecular flexibility index (Phi) is 3.76. The van der Waals surface area contributed by atoms with E-state index in [9.17, 15) is 0 Å². The third kappa shape index (κ3) is 3.05. The van der Waals surface area contributed by atoms with Gasteiger partial charge in [-0.15, -0.1) is 0 Å². The molecule has 0 unspecified atom stereocenters. The molecule has 0 atom stereocenters. The predicted octanol–water partition coefficient (Wildman–Crippen LogP) is 3.83. The zero-order valence-electron chi connectivity index (χ0n) is 8.98. The summed E-state index contributed by atoms with van der Waals surface area (Å²) in [5, 5.41) is 3.31. The van der Waals surface area contributed by atoms with Gasteiger partial charge in [-0.3, -0.25) is 0 Å². The number of anilines is 2. The second kappa shape index (κ2) is 5.29. The molecule has 3 N–H and O–H groups in total. The lowest BCUT2D eigenvalue weighted by molar-refractivity contribution is 1.51. The second-order valence-corrected chi connectivity index (χ2v) is 4.84.